The Balaban J connectivity index is 2.60. The summed E-state index contributed by atoms with van der Waals surface area (Å²) in [6.07, 6.45) is 3.38. The van der Waals surface area contributed by atoms with Gasteiger partial charge in [-0.05, 0) is 46.6 Å². The fraction of sp³-hybridized carbons (Fsp3) is 0.929. The minimum Gasteiger partial charge on any atom is -0.480 e. The number of nitrogens with zero attached hydrogens (tertiary/aromatic N) is 1. The Hall–Kier alpha value is -0.610. The molecule has 1 saturated heterocycles. The molecule has 1 atom stereocenters. The quantitative estimate of drug-likeness (QED) is 0.794. The molecule has 1 fully saturated rings. The number of hydrogen-bond donors (Lipinski definition) is 1. The molecule has 1 aliphatic rings. The Morgan fingerprint density at radius 1 is 1.44 bits per heavy atom. The van der Waals surface area contributed by atoms with E-state index in [-0.39, 0.29) is 5.60 Å². The van der Waals surface area contributed by atoms with Crippen LogP contribution >= 0.6 is 0 Å². The van der Waals surface area contributed by atoms with Crippen molar-refractivity contribution in [2.75, 3.05) is 19.7 Å². The molecule has 0 aliphatic carbocycles. The van der Waals surface area contributed by atoms with Crippen LogP contribution < -0.4 is 0 Å². The number of carbonyl (C=O) groups is 1. The molecule has 4 heteroatoms. The highest BCUT2D eigenvalue weighted by Crippen LogP contribution is 2.33. The molecule has 18 heavy (non-hydrogen) atoms. The largest absolute Gasteiger partial charge is 0.480 e. The number of ether oxygens (including phenoxy) is 1. The van der Waals surface area contributed by atoms with E-state index in [1.165, 1.54) is 0 Å². The van der Waals surface area contributed by atoms with Crippen LogP contribution in [-0.4, -0.2) is 46.8 Å². The zero-order chi connectivity index (χ0) is 13.8. The zero-order valence-electron chi connectivity index (χ0n) is 12.2. The van der Waals surface area contributed by atoms with Crippen molar-refractivity contribution in [2.45, 2.75) is 64.5 Å². The van der Waals surface area contributed by atoms with Crippen molar-refractivity contribution in [3.8, 4) is 0 Å². The SMILES string of the molecule is CCCC1(C(=O)O)CCCN1CCOC(C)(C)C. The molecule has 0 bridgehead atoms. The van der Waals surface area contributed by atoms with Gasteiger partial charge in [-0.15, -0.1) is 0 Å². The molecule has 1 aliphatic heterocycles. The van der Waals surface area contributed by atoms with Crippen LogP contribution in [0.1, 0.15) is 53.4 Å². The molecule has 0 aromatic carbocycles. The second-order valence-electron chi connectivity index (χ2n) is 6.14. The van der Waals surface area contributed by atoms with Crippen LogP contribution in [0.5, 0.6) is 0 Å². The summed E-state index contributed by atoms with van der Waals surface area (Å²) in [5.41, 5.74) is -0.799. The zero-order valence-corrected chi connectivity index (χ0v) is 12.2. The number of aliphatic carboxylic acids is 1. The smallest absolute Gasteiger partial charge is 0.324 e. The molecule has 1 unspecified atom stereocenters. The van der Waals surface area contributed by atoms with E-state index in [0.717, 1.165) is 32.2 Å². The molecule has 0 saturated carbocycles. The summed E-state index contributed by atoms with van der Waals surface area (Å²) >= 11 is 0. The van der Waals surface area contributed by atoms with Crippen molar-refractivity contribution in [2.24, 2.45) is 0 Å². The lowest BCUT2D eigenvalue weighted by Gasteiger charge is -2.35. The summed E-state index contributed by atoms with van der Waals surface area (Å²) < 4.78 is 5.71. The summed E-state index contributed by atoms with van der Waals surface area (Å²) in [6.45, 7) is 10.3. The lowest BCUT2D eigenvalue weighted by molar-refractivity contribution is -0.151. The third-order valence-electron chi connectivity index (χ3n) is 3.58. The predicted molar refractivity (Wildman–Crippen MR) is 71.8 cm³/mol. The van der Waals surface area contributed by atoms with Gasteiger partial charge in [0.05, 0.1) is 12.2 Å². The standard InChI is InChI=1S/C14H27NO3/c1-5-7-14(12(16)17)8-6-9-15(14)10-11-18-13(2,3)4/h5-11H2,1-4H3,(H,16,17). The van der Waals surface area contributed by atoms with Crippen molar-refractivity contribution in [1.82, 2.24) is 4.90 Å². The first-order valence-electron chi connectivity index (χ1n) is 6.94. The van der Waals surface area contributed by atoms with Gasteiger partial charge in [0.2, 0.25) is 0 Å². The molecule has 0 aromatic rings. The molecule has 1 N–H and O–H groups in total. The van der Waals surface area contributed by atoms with Crippen LogP contribution in [0.25, 0.3) is 0 Å². The van der Waals surface area contributed by atoms with Crippen LogP contribution in [0.3, 0.4) is 0 Å². The van der Waals surface area contributed by atoms with Gasteiger partial charge in [0.15, 0.2) is 0 Å². The van der Waals surface area contributed by atoms with Crippen LogP contribution in [0.2, 0.25) is 0 Å². The Bertz CT molecular complexity index is 285. The van der Waals surface area contributed by atoms with Gasteiger partial charge in [0.25, 0.3) is 0 Å². The Labute approximate surface area is 110 Å². The molecule has 0 amide bonds. The normalized spacial score (nSPS) is 25.6. The maximum absolute atomic E-state index is 11.6. The van der Waals surface area contributed by atoms with Crippen LogP contribution in [0.4, 0.5) is 0 Å². The van der Waals surface area contributed by atoms with Gasteiger partial charge in [-0.25, -0.2) is 0 Å². The molecular weight excluding hydrogens is 230 g/mol. The summed E-state index contributed by atoms with van der Waals surface area (Å²) in [4.78, 5) is 13.7. The van der Waals surface area contributed by atoms with Gasteiger partial charge >= 0.3 is 5.97 Å². The number of hydrogen-bond acceptors (Lipinski definition) is 3. The highest BCUT2D eigenvalue weighted by molar-refractivity contribution is 5.79. The summed E-state index contributed by atoms with van der Waals surface area (Å²) in [6, 6.07) is 0. The highest BCUT2D eigenvalue weighted by atomic mass is 16.5. The van der Waals surface area contributed by atoms with Gasteiger partial charge in [-0.2, -0.15) is 0 Å². The maximum atomic E-state index is 11.6. The first-order chi connectivity index (χ1) is 8.32. The van der Waals surface area contributed by atoms with E-state index >= 15 is 0 Å². The van der Waals surface area contributed by atoms with Crippen LogP contribution in [0, 0.1) is 0 Å². The van der Waals surface area contributed by atoms with E-state index in [2.05, 4.69) is 4.90 Å². The molecule has 1 heterocycles. The number of carboxylic acid groups (broad SMARTS) is 1. The molecule has 106 valence electrons. The Kier molecular flexibility index (Phi) is 5.17. The van der Waals surface area contributed by atoms with Crippen molar-refractivity contribution >= 4 is 5.97 Å². The van der Waals surface area contributed by atoms with Gasteiger partial charge in [0, 0.05) is 6.54 Å². The van der Waals surface area contributed by atoms with Gasteiger partial charge in [-0.3, -0.25) is 9.69 Å². The average Bonchev–Trinajstić information content (AvgIpc) is 2.61. The monoisotopic (exact) mass is 257 g/mol. The van der Waals surface area contributed by atoms with Crippen LogP contribution in [0.15, 0.2) is 0 Å². The Morgan fingerprint density at radius 3 is 2.61 bits per heavy atom. The van der Waals surface area contributed by atoms with E-state index in [9.17, 15) is 9.90 Å². The van der Waals surface area contributed by atoms with E-state index in [0.29, 0.717) is 13.2 Å². The topological polar surface area (TPSA) is 49.8 Å². The molecule has 1 rings (SSSR count). The average molecular weight is 257 g/mol. The number of rotatable bonds is 6. The van der Waals surface area contributed by atoms with Gasteiger partial charge in [-0.1, -0.05) is 13.3 Å². The fourth-order valence-electron chi connectivity index (χ4n) is 2.77. The third kappa shape index (κ3) is 3.69. The van der Waals surface area contributed by atoms with E-state index in [4.69, 9.17) is 4.74 Å². The lowest BCUT2D eigenvalue weighted by atomic mass is 9.91. The molecular formula is C14H27NO3. The van der Waals surface area contributed by atoms with Gasteiger partial charge in [0.1, 0.15) is 5.54 Å². The number of likely N-dealkylation sites (tertiary alicyclic amines) is 1. The first kappa shape index (κ1) is 15.4. The lowest BCUT2D eigenvalue weighted by Crippen LogP contribution is -2.51. The summed E-state index contributed by atoms with van der Waals surface area (Å²) in [5, 5.41) is 9.54. The minimum atomic E-state index is -0.669. The van der Waals surface area contributed by atoms with Crippen LogP contribution in [-0.2, 0) is 9.53 Å². The first-order valence-corrected chi connectivity index (χ1v) is 6.94. The fourth-order valence-corrected chi connectivity index (χ4v) is 2.77. The molecule has 0 spiro atoms. The molecule has 0 radical (unpaired) electrons. The number of carboxylic acids is 1. The maximum Gasteiger partial charge on any atom is 0.324 e. The van der Waals surface area contributed by atoms with E-state index < -0.39 is 11.5 Å². The van der Waals surface area contributed by atoms with Crippen molar-refractivity contribution in [3.63, 3.8) is 0 Å². The second-order valence-corrected chi connectivity index (χ2v) is 6.14. The Morgan fingerprint density at radius 2 is 2.11 bits per heavy atom. The third-order valence-corrected chi connectivity index (χ3v) is 3.58. The summed E-state index contributed by atoms with van der Waals surface area (Å²) in [5.74, 6) is -0.669. The minimum absolute atomic E-state index is 0.156. The second kappa shape index (κ2) is 6.02. The molecule has 0 aromatic heterocycles. The molecule has 4 nitrogen and oxygen atoms in total. The van der Waals surface area contributed by atoms with Crippen molar-refractivity contribution in [1.29, 1.82) is 0 Å². The van der Waals surface area contributed by atoms with Crippen molar-refractivity contribution in [3.05, 3.63) is 0 Å². The van der Waals surface area contributed by atoms with E-state index in [1.807, 2.05) is 27.7 Å². The van der Waals surface area contributed by atoms with Gasteiger partial charge < -0.3 is 9.84 Å². The summed E-state index contributed by atoms with van der Waals surface area (Å²) in [7, 11) is 0. The van der Waals surface area contributed by atoms with Crippen molar-refractivity contribution < 1.29 is 14.6 Å². The highest BCUT2D eigenvalue weighted by Gasteiger charge is 2.46. The van der Waals surface area contributed by atoms with E-state index in [1.54, 1.807) is 0 Å². The predicted octanol–water partition coefficient (Wildman–Crippen LogP) is 2.52.